The van der Waals surface area contributed by atoms with E-state index in [0.29, 0.717) is 19.4 Å². The quantitative estimate of drug-likeness (QED) is 0.846. The van der Waals surface area contributed by atoms with Crippen molar-refractivity contribution in [1.82, 2.24) is 9.62 Å². The Balaban J connectivity index is 1.65. The van der Waals surface area contributed by atoms with Gasteiger partial charge in [0.15, 0.2) is 5.67 Å². The SMILES string of the molecule is CS(=O)(=O)N[C@H]1CCCN(C(=O)C2(F)C3CCCCC32)C1. The molecule has 1 aliphatic heterocycles. The number of halogens is 1. The Labute approximate surface area is 125 Å². The molecule has 0 radical (unpaired) electrons. The lowest BCUT2D eigenvalue weighted by molar-refractivity contribution is -0.140. The molecule has 1 saturated heterocycles. The van der Waals surface area contributed by atoms with E-state index in [0.717, 1.165) is 31.9 Å². The third-order valence-corrected chi connectivity index (χ3v) is 5.91. The molecule has 1 N–H and O–H groups in total. The summed E-state index contributed by atoms with van der Waals surface area (Å²) >= 11 is 0. The van der Waals surface area contributed by atoms with Crippen molar-refractivity contribution in [3.05, 3.63) is 0 Å². The summed E-state index contributed by atoms with van der Waals surface area (Å²) in [6.07, 6.45) is 6.17. The summed E-state index contributed by atoms with van der Waals surface area (Å²) in [5.41, 5.74) is -1.66. The zero-order valence-corrected chi connectivity index (χ0v) is 13.2. The third-order valence-electron chi connectivity index (χ3n) is 5.15. The molecule has 2 unspecified atom stereocenters. The van der Waals surface area contributed by atoms with Gasteiger partial charge in [-0.05, 0) is 25.7 Å². The Bertz CT molecular complexity index is 524. The molecule has 0 aromatic carbocycles. The van der Waals surface area contributed by atoms with Gasteiger partial charge >= 0.3 is 0 Å². The molecule has 3 atom stereocenters. The number of hydrogen-bond donors (Lipinski definition) is 1. The van der Waals surface area contributed by atoms with E-state index in [2.05, 4.69) is 4.72 Å². The third kappa shape index (κ3) is 2.82. The largest absolute Gasteiger partial charge is 0.338 e. The molecule has 3 fully saturated rings. The lowest BCUT2D eigenvalue weighted by Crippen LogP contribution is -2.52. The number of carbonyl (C=O) groups excluding carboxylic acids is 1. The number of rotatable bonds is 3. The van der Waals surface area contributed by atoms with Gasteiger partial charge in [0.25, 0.3) is 5.91 Å². The molecule has 0 aromatic heterocycles. The molecular formula is C14H23FN2O3S. The Morgan fingerprint density at radius 2 is 1.81 bits per heavy atom. The number of hydrogen-bond acceptors (Lipinski definition) is 3. The molecule has 3 aliphatic rings. The summed E-state index contributed by atoms with van der Waals surface area (Å²) < 4.78 is 40.1. The van der Waals surface area contributed by atoms with Crippen LogP contribution >= 0.6 is 0 Å². The molecule has 5 nitrogen and oxygen atoms in total. The molecule has 1 amide bonds. The second-order valence-electron chi connectivity index (χ2n) is 6.75. The van der Waals surface area contributed by atoms with Crippen LogP contribution in [0.3, 0.4) is 0 Å². The first-order valence-corrected chi connectivity index (χ1v) is 9.67. The molecule has 7 heteroatoms. The van der Waals surface area contributed by atoms with E-state index in [1.807, 2.05) is 0 Å². The summed E-state index contributed by atoms with van der Waals surface area (Å²) in [7, 11) is -3.30. The van der Waals surface area contributed by atoms with Gasteiger partial charge in [-0.15, -0.1) is 0 Å². The summed E-state index contributed by atoms with van der Waals surface area (Å²) in [5, 5.41) is 0. The van der Waals surface area contributed by atoms with E-state index in [4.69, 9.17) is 0 Å². The molecular weight excluding hydrogens is 295 g/mol. The molecule has 120 valence electrons. The first-order chi connectivity index (χ1) is 9.82. The van der Waals surface area contributed by atoms with Gasteiger partial charge in [0.2, 0.25) is 10.0 Å². The zero-order valence-electron chi connectivity index (χ0n) is 12.3. The first kappa shape index (κ1) is 15.2. The maximum absolute atomic E-state index is 15.0. The summed E-state index contributed by atoms with van der Waals surface area (Å²) in [6, 6.07) is -0.290. The van der Waals surface area contributed by atoms with Crippen molar-refractivity contribution in [3.8, 4) is 0 Å². The van der Waals surface area contributed by atoms with Crippen molar-refractivity contribution < 1.29 is 17.6 Å². The van der Waals surface area contributed by atoms with E-state index < -0.39 is 21.6 Å². The highest BCUT2D eigenvalue weighted by Gasteiger charge is 2.71. The number of nitrogens with zero attached hydrogens (tertiary/aromatic N) is 1. The molecule has 2 aliphatic carbocycles. The van der Waals surface area contributed by atoms with Crippen LogP contribution in [0.1, 0.15) is 38.5 Å². The number of fused-ring (bicyclic) bond motifs is 1. The molecule has 3 rings (SSSR count). The minimum Gasteiger partial charge on any atom is -0.338 e. The number of nitrogens with one attached hydrogen (secondary N) is 1. The van der Waals surface area contributed by atoms with Gasteiger partial charge in [0.05, 0.1) is 6.26 Å². The minimum absolute atomic E-state index is 0.0954. The van der Waals surface area contributed by atoms with Crippen LogP contribution in [-0.2, 0) is 14.8 Å². The Morgan fingerprint density at radius 1 is 1.19 bits per heavy atom. The van der Waals surface area contributed by atoms with Crippen LogP contribution in [0, 0.1) is 11.8 Å². The smallest absolute Gasteiger partial charge is 0.260 e. The fourth-order valence-electron chi connectivity index (χ4n) is 4.17. The average Bonchev–Trinajstić information content (AvgIpc) is 3.04. The fourth-order valence-corrected chi connectivity index (χ4v) is 4.97. The number of likely N-dealkylation sites (tertiary alicyclic amines) is 1. The average molecular weight is 318 g/mol. The topological polar surface area (TPSA) is 66.5 Å². The molecule has 0 aromatic rings. The van der Waals surface area contributed by atoms with Crippen LogP contribution in [0.5, 0.6) is 0 Å². The van der Waals surface area contributed by atoms with E-state index in [9.17, 15) is 17.6 Å². The molecule has 21 heavy (non-hydrogen) atoms. The number of sulfonamides is 1. The van der Waals surface area contributed by atoms with Crippen molar-refractivity contribution in [2.24, 2.45) is 11.8 Å². The lowest BCUT2D eigenvalue weighted by Gasteiger charge is -2.34. The Morgan fingerprint density at radius 3 is 2.38 bits per heavy atom. The molecule has 2 saturated carbocycles. The van der Waals surface area contributed by atoms with Gasteiger partial charge in [-0.3, -0.25) is 4.79 Å². The van der Waals surface area contributed by atoms with Crippen LogP contribution in [0.4, 0.5) is 4.39 Å². The number of carbonyl (C=O) groups is 1. The van der Waals surface area contributed by atoms with Crippen LogP contribution < -0.4 is 4.72 Å². The van der Waals surface area contributed by atoms with Gasteiger partial charge < -0.3 is 4.90 Å². The van der Waals surface area contributed by atoms with Crippen LogP contribution in [-0.4, -0.2) is 50.3 Å². The number of piperidine rings is 1. The minimum atomic E-state index is -3.30. The normalized spacial score (nSPS) is 39.7. The Kier molecular flexibility index (Phi) is 3.76. The highest BCUT2D eigenvalue weighted by atomic mass is 32.2. The van der Waals surface area contributed by atoms with Crippen molar-refractivity contribution in [3.63, 3.8) is 0 Å². The van der Waals surface area contributed by atoms with Gasteiger partial charge in [-0.25, -0.2) is 17.5 Å². The van der Waals surface area contributed by atoms with Crippen LogP contribution in [0.25, 0.3) is 0 Å². The summed E-state index contributed by atoms with van der Waals surface area (Å²) in [5.74, 6) is -0.594. The standard InChI is InChI=1S/C14H23FN2O3S/c1-21(19,20)16-10-5-4-8-17(9-10)13(18)14(15)11-6-2-3-7-12(11)14/h10-12,16H,2-9H2,1H3/t10-,11?,12?,14?/m0/s1. The van der Waals surface area contributed by atoms with Crippen molar-refractivity contribution >= 4 is 15.9 Å². The van der Waals surface area contributed by atoms with Gasteiger partial charge in [-0.1, -0.05) is 12.8 Å². The van der Waals surface area contributed by atoms with E-state index in [1.54, 1.807) is 0 Å². The Hall–Kier alpha value is -0.690. The maximum Gasteiger partial charge on any atom is 0.260 e. The van der Waals surface area contributed by atoms with Crippen molar-refractivity contribution in [2.75, 3.05) is 19.3 Å². The molecule has 0 bridgehead atoms. The highest BCUT2D eigenvalue weighted by Crippen LogP contribution is 2.62. The number of amides is 1. The second-order valence-corrected chi connectivity index (χ2v) is 8.53. The van der Waals surface area contributed by atoms with Crippen molar-refractivity contribution in [1.29, 1.82) is 0 Å². The second kappa shape index (κ2) is 5.19. The van der Waals surface area contributed by atoms with Gasteiger partial charge in [-0.2, -0.15) is 0 Å². The first-order valence-electron chi connectivity index (χ1n) is 7.78. The monoisotopic (exact) mass is 318 g/mol. The van der Waals surface area contributed by atoms with Crippen LogP contribution in [0.2, 0.25) is 0 Å². The summed E-state index contributed by atoms with van der Waals surface area (Å²) in [6.45, 7) is 0.822. The predicted molar refractivity (Wildman–Crippen MR) is 76.9 cm³/mol. The summed E-state index contributed by atoms with van der Waals surface area (Å²) in [4.78, 5) is 14.1. The highest BCUT2D eigenvalue weighted by molar-refractivity contribution is 7.88. The molecule has 0 spiro atoms. The van der Waals surface area contributed by atoms with E-state index >= 15 is 0 Å². The van der Waals surface area contributed by atoms with Gasteiger partial charge in [0, 0.05) is 31.0 Å². The van der Waals surface area contributed by atoms with E-state index in [1.165, 1.54) is 4.90 Å². The fraction of sp³-hybridized carbons (Fsp3) is 0.929. The van der Waals surface area contributed by atoms with Crippen molar-refractivity contribution in [2.45, 2.75) is 50.2 Å². The predicted octanol–water partition coefficient (Wildman–Crippen LogP) is 1.05. The van der Waals surface area contributed by atoms with Crippen LogP contribution in [0.15, 0.2) is 0 Å². The lowest BCUT2D eigenvalue weighted by atomic mass is 10.0. The van der Waals surface area contributed by atoms with E-state index in [-0.39, 0.29) is 24.4 Å². The van der Waals surface area contributed by atoms with Gasteiger partial charge in [0.1, 0.15) is 0 Å². The number of alkyl halides is 1. The zero-order chi connectivity index (χ0) is 15.3. The molecule has 1 heterocycles. The maximum atomic E-state index is 15.0.